The molecule has 8 heteroatoms. The van der Waals surface area contributed by atoms with E-state index in [1.165, 1.54) is 57.6 Å². The minimum Gasteiger partial charge on any atom is -0.485 e. The number of nitrogen functional groups attached to an aromatic ring is 1. The highest BCUT2D eigenvalue weighted by Gasteiger charge is 2.42. The summed E-state index contributed by atoms with van der Waals surface area (Å²) in [6.45, 7) is 14.8. The molecule has 0 radical (unpaired) electrons. The molecule has 3 atom stereocenters. The molecule has 0 saturated carbocycles. The van der Waals surface area contributed by atoms with Crippen LogP contribution in [0.5, 0.6) is 5.75 Å². The van der Waals surface area contributed by atoms with E-state index >= 15 is 0 Å². The molecule has 266 valence electrons. The molecule has 3 unspecified atom stereocenters. The zero-order chi connectivity index (χ0) is 35.2. The van der Waals surface area contributed by atoms with Crippen LogP contribution in [0.25, 0.3) is 6.08 Å². The second-order valence-electron chi connectivity index (χ2n) is 16.1. The summed E-state index contributed by atoms with van der Waals surface area (Å²) in [5, 5.41) is 4.82. The highest BCUT2D eigenvalue weighted by Crippen LogP contribution is 2.51. The molecule has 0 aliphatic carbocycles. The molecule has 0 aromatic heterocycles. The van der Waals surface area contributed by atoms with E-state index in [9.17, 15) is 4.79 Å². The van der Waals surface area contributed by atoms with Crippen molar-refractivity contribution < 1.29 is 14.4 Å². The highest BCUT2D eigenvalue weighted by atomic mass is 16.7. The zero-order valence-corrected chi connectivity index (χ0v) is 30.6. The number of fused-ring (bicyclic) bond motifs is 4. The van der Waals surface area contributed by atoms with Crippen LogP contribution in [0.1, 0.15) is 107 Å². The SMILES string of the molecule is CC1C2=Cc3cc4c5c(c3OC2CCNc2ccc(C(C)(C)C)cc2C1(C)CCCCC(=O)ON(N)c1ccccc1N)CCCN5CCC4. The molecule has 8 nitrogen and oxygen atoms in total. The van der Waals surface area contributed by atoms with Gasteiger partial charge in [-0.1, -0.05) is 65.3 Å². The predicted octanol–water partition coefficient (Wildman–Crippen LogP) is 8.22. The number of unbranched alkanes of at least 4 members (excludes halogenated alkanes) is 1. The number of anilines is 4. The summed E-state index contributed by atoms with van der Waals surface area (Å²) < 4.78 is 7.16. The minimum absolute atomic E-state index is 0.00456. The van der Waals surface area contributed by atoms with Crippen molar-refractivity contribution in [3.8, 4) is 5.75 Å². The third kappa shape index (κ3) is 6.43. The topological polar surface area (TPSA) is 106 Å². The molecule has 5 N–H and O–H groups in total. The monoisotopic (exact) mass is 677 g/mol. The number of benzene rings is 3. The van der Waals surface area contributed by atoms with Gasteiger partial charge in [0, 0.05) is 60.4 Å². The minimum atomic E-state index is -0.369. The molecule has 0 amide bonds. The van der Waals surface area contributed by atoms with Crippen molar-refractivity contribution in [1.29, 1.82) is 0 Å². The second kappa shape index (κ2) is 13.5. The van der Waals surface area contributed by atoms with Gasteiger partial charge in [0.2, 0.25) is 0 Å². The van der Waals surface area contributed by atoms with Crippen LogP contribution >= 0.6 is 0 Å². The first-order chi connectivity index (χ1) is 23.9. The second-order valence-corrected chi connectivity index (χ2v) is 16.1. The van der Waals surface area contributed by atoms with Crippen LogP contribution in [0.4, 0.5) is 22.7 Å². The molecule has 0 saturated heterocycles. The van der Waals surface area contributed by atoms with Crippen LogP contribution in [0.2, 0.25) is 0 Å². The number of nitrogens with two attached hydrogens (primary N) is 2. The first-order valence-electron chi connectivity index (χ1n) is 18.7. The molecule has 0 spiro atoms. The van der Waals surface area contributed by atoms with E-state index < -0.39 is 0 Å². The molecule has 0 bridgehead atoms. The van der Waals surface area contributed by atoms with Gasteiger partial charge in [0.15, 0.2) is 0 Å². The van der Waals surface area contributed by atoms with Crippen LogP contribution in [-0.2, 0) is 33.3 Å². The van der Waals surface area contributed by atoms with E-state index in [0.29, 0.717) is 17.8 Å². The van der Waals surface area contributed by atoms with Crippen molar-refractivity contribution >= 4 is 34.8 Å². The zero-order valence-electron chi connectivity index (χ0n) is 30.6. The summed E-state index contributed by atoms with van der Waals surface area (Å²) >= 11 is 0. The smallest absolute Gasteiger partial charge is 0.334 e. The summed E-state index contributed by atoms with van der Waals surface area (Å²) in [6.07, 6.45) is 10.8. The number of aryl methyl sites for hydroxylation is 1. The Labute approximate surface area is 298 Å². The quantitative estimate of drug-likeness (QED) is 0.0995. The van der Waals surface area contributed by atoms with Crippen molar-refractivity contribution in [3.63, 3.8) is 0 Å². The van der Waals surface area contributed by atoms with Gasteiger partial charge >= 0.3 is 5.97 Å². The van der Waals surface area contributed by atoms with E-state index in [2.05, 4.69) is 75.2 Å². The van der Waals surface area contributed by atoms with Crippen LogP contribution in [0.15, 0.2) is 54.1 Å². The summed E-state index contributed by atoms with van der Waals surface area (Å²) in [5.74, 6) is 7.00. The maximum atomic E-state index is 12.9. The number of nitrogens with one attached hydrogen (secondary N) is 1. The number of para-hydroxylation sites is 2. The first-order valence-corrected chi connectivity index (χ1v) is 18.7. The number of hydrogen-bond acceptors (Lipinski definition) is 8. The number of carbonyl (C=O) groups excluding carboxylic acids is 1. The van der Waals surface area contributed by atoms with Crippen molar-refractivity contribution in [2.45, 2.75) is 109 Å². The Bertz CT molecular complexity index is 1790. The Morgan fingerprint density at radius 2 is 1.88 bits per heavy atom. The molecule has 4 heterocycles. The number of carbonyl (C=O) groups is 1. The molecular formula is C42H55N5O3. The fourth-order valence-corrected chi connectivity index (χ4v) is 8.80. The van der Waals surface area contributed by atoms with Gasteiger partial charge in [-0.05, 0) is 102 Å². The lowest BCUT2D eigenvalue weighted by atomic mass is 9.64. The van der Waals surface area contributed by atoms with Gasteiger partial charge in [-0.3, -0.25) is 0 Å². The van der Waals surface area contributed by atoms with Crippen molar-refractivity contribution in [1.82, 2.24) is 0 Å². The average Bonchev–Trinajstić information content (AvgIpc) is 3.13. The Morgan fingerprint density at radius 1 is 1.10 bits per heavy atom. The van der Waals surface area contributed by atoms with Crippen LogP contribution in [-0.4, -0.2) is 31.7 Å². The van der Waals surface area contributed by atoms with Gasteiger partial charge in [-0.2, -0.15) is 0 Å². The fraction of sp³-hybridized carbons (Fsp3) is 0.500. The summed E-state index contributed by atoms with van der Waals surface area (Å²) in [5.41, 5.74) is 17.6. The molecular weight excluding hydrogens is 622 g/mol. The van der Waals surface area contributed by atoms with Crippen LogP contribution in [0, 0.1) is 5.92 Å². The Morgan fingerprint density at radius 3 is 2.66 bits per heavy atom. The Hall–Kier alpha value is -4.17. The normalized spacial score (nSPS) is 22.5. The molecule has 0 fully saturated rings. The van der Waals surface area contributed by atoms with Crippen LogP contribution < -0.4 is 31.7 Å². The molecule has 3 aromatic carbocycles. The molecule has 4 aliphatic rings. The highest BCUT2D eigenvalue weighted by molar-refractivity contribution is 5.77. The number of rotatable bonds is 7. The predicted molar refractivity (Wildman–Crippen MR) is 205 cm³/mol. The molecule has 3 aromatic rings. The average molecular weight is 678 g/mol. The van der Waals surface area contributed by atoms with E-state index in [1.807, 2.05) is 12.1 Å². The number of hydrogen-bond donors (Lipinski definition) is 3. The van der Waals surface area contributed by atoms with E-state index in [0.717, 1.165) is 62.7 Å². The third-order valence-electron chi connectivity index (χ3n) is 11.8. The van der Waals surface area contributed by atoms with E-state index in [4.69, 9.17) is 21.2 Å². The first kappa shape index (κ1) is 34.3. The van der Waals surface area contributed by atoms with Gasteiger partial charge < -0.3 is 25.5 Å². The summed E-state index contributed by atoms with van der Waals surface area (Å²) in [4.78, 5) is 20.9. The lowest BCUT2D eigenvalue weighted by Crippen LogP contribution is -2.39. The number of nitrogens with zero attached hydrogens (tertiary/aromatic N) is 2. The number of hydrazine groups is 1. The largest absolute Gasteiger partial charge is 0.485 e. The molecule has 4 aliphatic heterocycles. The Balaban J connectivity index is 1.19. The Kier molecular flexibility index (Phi) is 9.27. The van der Waals surface area contributed by atoms with Gasteiger partial charge in [-0.25, -0.2) is 10.6 Å². The third-order valence-corrected chi connectivity index (χ3v) is 11.8. The van der Waals surface area contributed by atoms with Gasteiger partial charge in [0.25, 0.3) is 0 Å². The number of ether oxygens (including phenoxy) is 1. The van der Waals surface area contributed by atoms with Gasteiger partial charge in [0.05, 0.1) is 5.69 Å². The van der Waals surface area contributed by atoms with Crippen molar-refractivity contribution in [2.75, 3.05) is 40.8 Å². The molecule has 7 rings (SSSR count). The fourth-order valence-electron chi connectivity index (χ4n) is 8.80. The van der Waals surface area contributed by atoms with E-state index in [1.54, 1.807) is 12.1 Å². The maximum Gasteiger partial charge on any atom is 0.334 e. The summed E-state index contributed by atoms with van der Waals surface area (Å²) in [6, 6.07) is 16.5. The lowest BCUT2D eigenvalue weighted by molar-refractivity contribution is -0.145. The van der Waals surface area contributed by atoms with Crippen molar-refractivity contribution in [2.24, 2.45) is 11.8 Å². The standard InChI is InChI=1S/C42H55N5O3/c1-27-32-25-29-24-28-12-10-22-46-23-11-13-31(39(28)46)40(29)49-37(32)19-21-45-35-18-17-30(41(2,3)4)26-33(35)42(27,5)20-9-8-16-38(48)50-47(44)36-15-7-6-14-34(36)43/h6-7,14-15,17-18,24-27,37,45H,8-13,16,19-23,43-44H2,1-5H3. The van der Waals surface area contributed by atoms with Gasteiger partial charge in [-0.15, -0.1) is 5.17 Å². The van der Waals surface area contributed by atoms with E-state index in [-0.39, 0.29) is 35.2 Å². The summed E-state index contributed by atoms with van der Waals surface area (Å²) in [7, 11) is 0. The van der Waals surface area contributed by atoms with Gasteiger partial charge in [0.1, 0.15) is 17.5 Å². The van der Waals surface area contributed by atoms with Crippen molar-refractivity contribution in [3.05, 3.63) is 81.9 Å². The van der Waals surface area contributed by atoms with Crippen LogP contribution in [0.3, 0.4) is 0 Å². The molecule has 50 heavy (non-hydrogen) atoms. The lowest BCUT2D eigenvalue weighted by Gasteiger charge is -2.43. The maximum absolute atomic E-state index is 12.9.